The molecule has 2 fully saturated rings. The van der Waals surface area contributed by atoms with Crippen molar-refractivity contribution in [1.82, 2.24) is 14.6 Å². The maximum atomic E-state index is 12.1. The van der Waals surface area contributed by atoms with Crippen LogP contribution in [0.1, 0.15) is 36.4 Å². The van der Waals surface area contributed by atoms with E-state index in [2.05, 4.69) is 15.7 Å². The Morgan fingerprint density at radius 3 is 2.60 bits per heavy atom. The first kappa shape index (κ1) is 14.4. The molecule has 0 spiro atoms. The number of nitrogens with one attached hydrogen (secondary N) is 1. The smallest absolute Gasteiger partial charge is 0.216 e. The monoisotopic (exact) mass is 315 g/mol. The van der Waals surface area contributed by atoms with E-state index in [4.69, 9.17) is 0 Å². The van der Waals surface area contributed by atoms with Crippen LogP contribution in [0.25, 0.3) is 0 Å². The van der Waals surface area contributed by atoms with E-state index >= 15 is 0 Å². The van der Waals surface area contributed by atoms with Gasteiger partial charge in [-0.2, -0.15) is 0 Å². The van der Waals surface area contributed by atoms with Crippen LogP contribution in [0.15, 0.2) is 5.38 Å². The second-order valence-electron chi connectivity index (χ2n) is 5.66. The van der Waals surface area contributed by atoms with Crippen LogP contribution in [0.3, 0.4) is 0 Å². The van der Waals surface area contributed by atoms with Crippen LogP contribution in [0.2, 0.25) is 0 Å². The van der Waals surface area contributed by atoms with Gasteiger partial charge >= 0.3 is 0 Å². The minimum atomic E-state index is -2.98. The quantitative estimate of drug-likeness (QED) is 0.894. The van der Waals surface area contributed by atoms with Gasteiger partial charge in [0.25, 0.3) is 0 Å². The van der Waals surface area contributed by atoms with Gasteiger partial charge in [-0.1, -0.05) is 0 Å². The predicted octanol–water partition coefficient (Wildman–Crippen LogP) is 1.50. The lowest BCUT2D eigenvalue weighted by atomic mass is 10.1. The normalized spacial score (nSPS) is 22.2. The van der Waals surface area contributed by atoms with Gasteiger partial charge in [0, 0.05) is 31.1 Å². The molecule has 1 saturated carbocycles. The van der Waals surface area contributed by atoms with E-state index in [0.717, 1.165) is 42.9 Å². The van der Waals surface area contributed by atoms with Gasteiger partial charge in [0.2, 0.25) is 10.0 Å². The number of aromatic nitrogens is 1. The van der Waals surface area contributed by atoms with E-state index in [0.29, 0.717) is 19.1 Å². The van der Waals surface area contributed by atoms with Crippen molar-refractivity contribution in [3.05, 3.63) is 16.1 Å². The molecule has 0 atom stereocenters. The second-order valence-corrected chi connectivity index (χ2v) is 8.93. The number of sulfonamides is 1. The first-order valence-electron chi connectivity index (χ1n) is 7.19. The fraction of sp³-hybridized carbons (Fsp3) is 0.769. The summed E-state index contributed by atoms with van der Waals surface area (Å²) in [7, 11) is -2.98. The number of aryl methyl sites for hydroxylation is 1. The summed E-state index contributed by atoms with van der Waals surface area (Å²) in [6.07, 6.45) is 3.50. The standard InChI is InChI=1S/C13H21N3O2S2/c1-10-15-12(9-19-10)8-14-11-4-6-16(7-5-11)20(17,18)13-2-3-13/h9,11,13-14H,2-8H2,1H3. The van der Waals surface area contributed by atoms with Crippen molar-refractivity contribution < 1.29 is 8.42 Å². The predicted molar refractivity (Wildman–Crippen MR) is 80.2 cm³/mol. The van der Waals surface area contributed by atoms with Gasteiger partial charge in [0.05, 0.1) is 16.0 Å². The Morgan fingerprint density at radius 2 is 2.05 bits per heavy atom. The lowest BCUT2D eigenvalue weighted by molar-refractivity contribution is 0.288. The molecular formula is C13H21N3O2S2. The zero-order chi connectivity index (χ0) is 14.2. The molecule has 0 amide bonds. The van der Waals surface area contributed by atoms with E-state index in [1.807, 2.05) is 6.92 Å². The van der Waals surface area contributed by atoms with Crippen LogP contribution < -0.4 is 5.32 Å². The third-order valence-corrected chi connectivity index (χ3v) is 7.22. The van der Waals surface area contributed by atoms with Crippen LogP contribution in [0, 0.1) is 6.92 Å². The molecule has 5 nitrogen and oxygen atoms in total. The third-order valence-electron chi connectivity index (χ3n) is 4.00. The molecule has 1 saturated heterocycles. The SMILES string of the molecule is Cc1nc(CNC2CCN(S(=O)(=O)C3CC3)CC2)cs1. The Labute approximate surface area is 124 Å². The summed E-state index contributed by atoms with van der Waals surface area (Å²) in [5, 5.41) is 6.58. The zero-order valence-electron chi connectivity index (χ0n) is 11.7. The lowest BCUT2D eigenvalue weighted by Crippen LogP contribution is -2.45. The minimum absolute atomic E-state index is 0.0787. The fourth-order valence-corrected chi connectivity index (χ4v) is 5.12. The summed E-state index contributed by atoms with van der Waals surface area (Å²) in [5.74, 6) is 0. The van der Waals surface area contributed by atoms with Crippen molar-refractivity contribution in [3.63, 3.8) is 0 Å². The van der Waals surface area contributed by atoms with Gasteiger partial charge < -0.3 is 5.32 Å². The van der Waals surface area contributed by atoms with Crippen molar-refractivity contribution in [2.45, 2.75) is 50.4 Å². The second kappa shape index (κ2) is 5.71. The highest BCUT2D eigenvalue weighted by atomic mass is 32.2. The molecule has 1 aliphatic carbocycles. The Balaban J connectivity index is 1.46. The van der Waals surface area contributed by atoms with Crippen LogP contribution in [0.5, 0.6) is 0 Å². The number of piperidine rings is 1. The van der Waals surface area contributed by atoms with Gasteiger partial charge in [0.15, 0.2) is 0 Å². The third kappa shape index (κ3) is 3.21. The van der Waals surface area contributed by atoms with Crippen molar-refractivity contribution in [2.75, 3.05) is 13.1 Å². The number of hydrogen-bond acceptors (Lipinski definition) is 5. The Morgan fingerprint density at radius 1 is 1.35 bits per heavy atom. The number of thiazole rings is 1. The Kier molecular flexibility index (Phi) is 4.12. The first-order valence-corrected chi connectivity index (χ1v) is 9.57. The molecule has 112 valence electrons. The largest absolute Gasteiger partial charge is 0.308 e. The number of hydrogen-bond donors (Lipinski definition) is 1. The fourth-order valence-electron chi connectivity index (χ4n) is 2.63. The molecule has 0 radical (unpaired) electrons. The lowest BCUT2D eigenvalue weighted by Gasteiger charge is -2.31. The van der Waals surface area contributed by atoms with E-state index in [1.165, 1.54) is 0 Å². The molecule has 1 aromatic heterocycles. The number of nitrogens with zero attached hydrogens (tertiary/aromatic N) is 2. The van der Waals surface area contributed by atoms with Gasteiger partial charge in [-0.3, -0.25) is 0 Å². The summed E-state index contributed by atoms with van der Waals surface area (Å²) in [5.41, 5.74) is 1.08. The Bertz CT molecular complexity index is 558. The molecule has 3 rings (SSSR count). The van der Waals surface area contributed by atoms with Gasteiger partial charge in [-0.15, -0.1) is 11.3 Å². The molecule has 20 heavy (non-hydrogen) atoms. The average molecular weight is 315 g/mol. The minimum Gasteiger partial charge on any atom is -0.308 e. The van der Waals surface area contributed by atoms with E-state index in [9.17, 15) is 8.42 Å². The molecule has 2 aliphatic rings. The molecule has 0 bridgehead atoms. The highest BCUT2D eigenvalue weighted by Crippen LogP contribution is 2.32. The molecule has 2 heterocycles. The van der Waals surface area contributed by atoms with Gasteiger partial charge in [-0.05, 0) is 32.6 Å². The molecule has 1 aliphatic heterocycles. The zero-order valence-corrected chi connectivity index (χ0v) is 13.3. The first-order chi connectivity index (χ1) is 9.55. The highest BCUT2D eigenvalue weighted by Gasteiger charge is 2.41. The van der Waals surface area contributed by atoms with Gasteiger partial charge in [0.1, 0.15) is 0 Å². The average Bonchev–Trinajstić information content (AvgIpc) is 3.21. The summed E-state index contributed by atoms with van der Waals surface area (Å²) >= 11 is 1.67. The summed E-state index contributed by atoms with van der Waals surface area (Å²) < 4.78 is 26.0. The van der Waals surface area contributed by atoms with Gasteiger partial charge in [-0.25, -0.2) is 17.7 Å². The van der Waals surface area contributed by atoms with Crippen LogP contribution >= 0.6 is 11.3 Å². The highest BCUT2D eigenvalue weighted by molar-refractivity contribution is 7.90. The maximum Gasteiger partial charge on any atom is 0.216 e. The molecule has 0 aromatic carbocycles. The number of rotatable bonds is 5. The molecular weight excluding hydrogens is 294 g/mol. The van der Waals surface area contributed by atoms with E-state index in [1.54, 1.807) is 15.6 Å². The molecule has 7 heteroatoms. The molecule has 0 unspecified atom stereocenters. The van der Waals surface area contributed by atoms with Crippen LogP contribution in [-0.4, -0.2) is 42.1 Å². The topological polar surface area (TPSA) is 62.3 Å². The van der Waals surface area contributed by atoms with E-state index in [-0.39, 0.29) is 5.25 Å². The summed E-state index contributed by atoms with van der Waals surface area (Å²) in [6, 6.07) is 0.405. The molecule has 1 N–H and O–H groups in total. The van der Waals surface area contributed by atoms with Crippen molar-refractivity contribution in [1.29, 1.82) is 0 Å². The molecule has 1 aromatic rings. The van der Waals surface area contributed by atoms with Crippen molar-refractivity contribution >= 4 is 21.4 Å². The maximum absolute atomic E-state index is 12.1. The van der Waals surface area contributed by atoms with Crippen LogP contribution in [0.4, 0.5) is 0 Å². The van der Waals surface area contributed by atoms with Crippen molar-refractivity contribution in [3.8, 4) is 0 Å². The van der Waals surface area contributed by atoms with Crippen molar-refractivity contribution in [2.24, 2.45) is 0 Å². The Hall–Kier alpha value is -0.500. The van der Waals surface area contributed by atoms with Crippen LogP contribution in [-0.2, 0) is 16.6 Å². The summed E-state index contributed by atoms with van der Waals surface area (Å²) in [6.45, 7) is 4.11. The summed E-state index contributed by atoms with van der Waals surface area (Å²) in [4.78, 5) is 4.43. The van der Waals surface area contributed by atoms with E-state index < -0.39 is 10.0 Å².